The lowest BCUT2D eigenvalue weighted by Crippen LogP contribution is -2.81. The summed E-state index contributed by atoms with van der Waals surface area (Å²) in [6, 6.07) is 0. The third kappa shape index (κ3) is 3.21. The fraction of sp³-hybridized carbons (Fsp3) is 0.889. The Balaban J connectivity index is 2.51. The number of carbonyl (C=O) groups excluding carboxylic acids is 1. The van der Waals surface area contributed by atoms with Crippen molar-refractivity contribution in [2.45, 2.75) is 29.6 Å². The maximum Gasteiger partial charge on any atom is 0.331 e. The lowest BCUT2D eigenvalue weighted by atomic mass is 9.90. The van der Waals surface area contributed by atoms with Crippen LogP contribution in [-0.2, 0) is 9.53 Å². The Morgan fingerprint density at radius 2 is 2.21 bits per heavy atom. The van der Waals surface area contributed by atoms with Gasteiger partial charge in [0.25, 0.3) is 0 Å². The van der Waals surface area contributed by atoms with Gasteiger partial charge in [-0.25, -0.2) is 4.79 Å². The second-order valence-corrected chi connectivity index (χ2v) is 7.18. The second kappa shape index (κ2) is 4.94. The number of nitrogens with two attached hydrogens (primary N) is 1. The largest absolute Gasteiger partial charge is 0.458 e. The molecule has 14 heavy (non-hydrogen) atoms. The molecule has 1 fully saturated rings. The summed E-state index contributed by atoms with van der Waals surface area (Å²) in [5.41, 5.74) is -0.357. The first-order chi connectivity index (χ1) is 6.43. The lowest BCUT2D eigenvalue weighted by molar-refractivity contribution is -0.639. The van der Waals surface area contributed by atoms with E-state index in [1.807, 2.05) is 13.8 Å². The minimum absolute atomic E-state index is 0.248. The van der Waals surface area contributed by atoms with E-state index in [0.717, 1.165) is 19.5 Å². The molecule has 0 aliphatic carbocycles. The molecule has 0 aromatic rings. The Labute approximate surface area is 101 Å². The summed E-state index contributed by atoms with van der Waals surface area (Å²) < 4.78 is 5.03. The normalized spacial score (nSPS) is 22.8. The fourth-order valence-electron chi connectivity index (χ4n) is 1.77. The van der Waals surface area contributed by atoms with Crippen molar-refractivity contribution in [3.63, 3.8) is 0 Å². The van der Waals surface area contributed by atoms with E-state index in [4.69, 9.17) is 4.74 Å². The highest BCUT2D eigenvalue weighted by Crippen LogP contribution is 2.26. The third-order valence-electron chi connectivity index (χ3n) is 2.70. The van der Waals surface area contributed by atoms with E-state index in [0.29, 0.717) is 5.92 Å². The first-order valence-corrected chi connectivity index (χ1v) is 6.59. The van der Waals surface area contributed by atoms with Gasteiger partial charge in [-0.15, -0.1) is 0 Å². The average molecular weight is 330 g/mol. The predicted molar refractivity (Wildman–Crippen MR) is 61.6 cm³/mol. The zero-order valence-corrected chi connectivity index (χ0v) is 11.6. The molecule has 0 saturated carbocycles. The molecule has 1 saturated heterocycles. The molecule has 0 radical (unpaired) electrons. The maximum absolute atomic E-state index is 11.4. The number of esters is 1. The first kappa shape index (κ1) is 12.5. The van der Waals surface area contributed by atoms with E-state index in [9.17, 15) is 4.79 Å². The molecule has 0 bridgehead atoms. The van der Waals surface area contributed by atoms with Crippen LogP contribution >= 0.6 is 31.9 Å². The van der Waals surface area contributed by atoms with E-state index in [2.05, 4.69) is 37.2 Å². The van der Waals surface area contributed by atoms with Gasteiger partial charge in [0, 0.05) is 6.42 Å². The fourth-order valence-corrected chi connectivity index (χ4v) is 1.96. The van der Waals surface area contributed by atoms with Crippen molar-refractivity contribution in [2.24, 2.45) is 5.92 Å². The maximum atomic E-state index is 11.4. The van der Waals surface area contributed by atoms with Crippen LogP contribution in [0.2, 0.25) is 0 Å². The summed E-state index contributed by atoms with van der Waals surface area (Å²) in [7, 11) is 0. The van der Waals surface area contributed by atoms with Crippen LogP contribution in [0.15, 0.2) is 0 Å². The van der Waals surface area contributed by atoms with E-state index in [1.165, 1.54) is 0 Å². The Bertz CT molecular complexity index is 213. The van der Waals surface area contributed by atoms with E-state index in [1.54, 1.807) is 0 Å². The van der Waals surface area contributed by atoms with Crippen LogP contribution < -0.4 is 5.32 Å². The zero-order valence-electron chi connectivity index (χ0n) is 8.43. The van der Waals surface area contributed by atoms with Crippen LogP contribution in [0, 0.1) is 5.92 Å². The monoisotopic (exact) mass is 328 g/mol. The van der Waals surface area contributed by atoms with Gasteiger partial charge >= 0.3 is 5.97 Å². The minimum Gasteiger partial charge on any atom is -0.458 e. The van der Waals surface area contributed by atoms with Crippen molar-refractivity contribution >= 4 is 37.8 Å². The molecule has 0 spiro atoms. The highest BCUT2D eigenvalue weighted by Gasteiger charge is 2.38. The highest BCUT2D eigenvalue weighted by atomic mass is 79.9. The molecule has 0 amide bonds. The SMILES string of the molecule is CC(C)(OC(=O)C(Br)Br)C1CC[NH2+]C1. The van der Waals surface area contributed by atoms with E-state index < -0.39 is 3.74 Å². The molecule has 3 nitrogen and oxygen atoms in total. The number of alkyl halides is 2. The van der Waals surface area contributed by atoms with E-state index in [-0.39, 0.29) is 11.6 Å². The summed E-state index contributed by atoms with van der Waals surface area (Å²) in [6.45, 7) is 6.15. The van der Waals surface area contributed by atoms with Crippen molar-refractivity contribution in [1.29, 1.82) is 0 Å². The number of hydrogen-bond donors (Lipinski definition) is 1. The van der Waals surface area contributed by atoms with Crippen LogP contribution in [0.3, 0.4) is 0 Å². The van der Waals surface area contributed by atoms with Gasteiger partial charge in [0.05, 0.1) is 19.0 Å². The Morgan fingerprint density at radius 1 is 1.57 bits per heavy atom. The molecular weight excluding hydrogens is 314 g/mol. The highest BCUT2D eigenvalue weighted by molar-refractivity contribution is 9.25. The van der Waals surface area contributed by atoms with Crippen molar-refractivity contribution in [1.82, 2.24) is 0 Å². The van der Waals surface area contributed by atoms with Crippen molar-refractivity contribution in [3.05, 3.63) is 0 Å². The predicted octanol–water partition coefficient (Wildman–Crippen LogP) is 1.01. The van der Waals surface area contributed by atoms with Gasteiger partial charge in [-0.1, -0.05) is 31.9 Å². The molecule has 1 atom stereocenters. The number of rotatable bonds is 3. The van der Waals surface area contributed by atoms with Crippen LogP contribution in [-0.4, -0.2) is 28.4 Å². The van der Waals surface area contributed by atoms with Crippen LogP contribution in [0.25, 0.3) is 0 Å². The molecule has 2 N–H and O–H groups in total. The molecule has 1 aliphatic heterocycles. The van der Waals surface area contributed by atoms with Crippen molar-refractivity contribution in [3.8, 4) is 0 Å². The molecular formula is C9H16Br2NO2+. The van der Waals surface area contributed by atoms with Crippen molar-refractivity contribution < 1.29 is 14.8 Å². The number of halogens is 2. The number of quaternary nitrogens is 1. The van der Waals surface area contributed by atoms with Crippen LogP contribution in [0.4, 0.5) is 0 Å². The first-order valence-electron chi connectivity index (χ1n) is 4.76. The molecule has 1 unspecified atom stereocenters. The van der Waals surface area contributed by atoms with Gasteiger partial charge in [-0.05, 0) is 13.8 Å². The van der Waals surface area contributed by atoms with Gasteiger partial charge in [0.15, 0.2) is 3.74 Å². The van der Waals surface area contributed by atoms with Crippen LogP contribution in [0.1, 0.15) is 20.3 Å². The van der Waals surface area contributed by atoms with Crippen LogP contribution in [0.5, 0.6) is 0 Å². The quantitative estimate of drug-likeness (QED) is 0.620. The smallest absolute Gasteiger partial charge is 0.331 e. The second-order valence-electron chi connectivity index (χ2n) is 4.12. The summed E-state index contributed by atoms with van der Waals surface area (Å²) in [4.78, 5) is 11.4. The summed E-state index contributed by atoms with van der Waals surface area (Å²) in [6.07, 6.45) is 1.12. The van der Waals surface area contributed by atoms with Gasteiger partial charge in [-0.3, -0.25) is 0 Å². The van der Waals surface area contributed by atoms with Crippen molar-refractivity contribution in [2.75, 3.05) is 13.1 Å². The number of ether oxygens (including phenoxy) is 1. The summed E-state index contributed by atoms with van der Waals surface area (Å²) in [5, 5.41) is 2.26. The Hall–Kier alpha value is 0.390. The zero-order chi connectivity index (χ0) is 10.8. The topological polar surface area (TPSA) is 42.9 Å². The standard InChI is InChI=1S/C9H15Br2NO2/c1-9(2,6-3-4-12-5-6)14-8(13)7(10)11/h6-7,12H,3-5H2,1-2H3/p+1. The summed E-state index contributed by atoms with van der Waals surface area (Å²) in [5.74, 6) is 0.215. The molecule has 1 heterocycles. The molecule has 5 heteroatoms. The molecule has 0 aromatic heterocycles. The van der Waals surface area contributed by atoms with Gasteiger partial charge in [-0.2, -0.15) is 0 Å². The Kier molecular flexibility index (Phi) is 4.40. The number of carbonyl (C=O) groups is 1. The molecule has 1 aliphatic rings. The number of hydrogen-bond acceptors (Lipinski definition) is 2. The third-order valence-corrected chi connectivity index (χ3v) is 3.44. The summed E-state index contributed by atoms with van der Waals surface area (Å²) >= 11 is 6.27. The molecule has 0 aromatic carbocycles. The Morgan fingerprint density at radius 3 is 2.64 bits per heavy atom. The van der Waals surface area contributed by atoms with Gasteiger partial charge in [0.2, 0.25) is 0 Å². The minimum atomic E-state index is -0.403. The van der Waals surface area contributed by atoms with Gasteiger partial charge < -0.3 is 10.1 Å². The van der Waals surface area contributed by atoms with E-state index >= 15 is 0 Å². The lowest BCUT2D eigenvalue weighted by Gasteiger charge is -2.29. The average Bonchev–Trinajstić information content (AvgIpc) is 2.54. The molecule has 82 valence electrons. The van der Waals surface area contributed by atoms with Gasteiger partial charge in [0.1, 0.15) is 5.60 Å². The molecule has 1 rings (SSSR count).